The van der Waals surface area contributed by atoms with Crippen molar-refractivity contribution >= 4 is 5.91 Å². The number of carbonyl (C=O) groups excluding carboxylic acids is 1. The number of aliphatic hydroxyl groups is 1. The van der Waals surface area contributed by atoms with Crippen molar-refractivity contribution in [3.05, 3.63) is 71.0 Å². The maximum absolute atomic E-state index is 14.3. The second-order valence-corrected chi connectivity index (χ2v) is 6.70. The third kappa shape index (κ3) is 4.65. The Balaban J connectivity index is 2.28. The van der Waals surface area contributed by atoms with Gasteiger partial charge in [0.15, 0.2) is 0 Å². The van der Waals surface area contributed by atoms with E-state index in [-0.39, 0.29) is 18.5 Å². The first-order chi connectivity index (χ1) is 11.9. The van der Waals surface area contributed by atoms with E-state index < -0.39 is 11.3 Å². The van der Waals surface area contributed by atoms with Gasteiger partial charge in [-0.2, -0.15) is 0 Å². The Hall–Kier alpha value is -2.24. The zero-order chi connectivity index (χ0) is 18.4. The summed E-state index contributed by atoms with van der Waals surface area (Å²) >= 11 is 0. The average molecular weight is 344 g/mol. The third-order valence-electron chi connectivity index (χ3n) is 4.62. The largest absolute Gasteiger partial charge is 0.395 e. The molecule has 4 N–H and O–H groups in total. The van der Waals surface area contributed by atoms with Crippen LogP contribution in [-0.4, -0.2) is 30.2 Å². The highest BCUT2D eigenvalue weighted by Gasteiger charge is 2.33. The first kappa shape index (κ1) is 19.1. The number of primary amides is 1. The Kier molecular flexibility index (Phi) is 6.28. The highest BCUT2D eigenvalue weighted by atomic mass is 19.1. The smallest absolute Gasteiger partial charge is 0.248 e. The molecule has 2 aromatic rings. The van der Waals surface area contributed by atoms with Crippen LogP contribution in [0, 0.1) is 5.82 Å². The van der Waals surface area contributed by atoms with Crippen molar-refractivity contribution in [1.29, 1.82) is 0 Å². The Morgan fingerprint density at radius 2 is 1.84 bits per heavy atom. The van der Waals surface area contributed by atoms with Gasteiger partial charge in [-0.25, -0.2) is 4.39 Å². The number of amides is 1. The molecule has 2 aromatic carbocycles. The molecule has 1 unspecified atom stereocenters. The van der Waals surface area contributed by atoms with E-state index in [0.29, 0.717) is 24.1 Å². The molecule has 0 aromatic heterocycles. The topological polar surface area (TPSA) is 75.4 Å². The number of rotatable bonds is 8. The van der Waals surface area contributed by atoms with Crippen molar-refractivity contribution in [2.45, 2.75) is 31.7 Å². The molecule has 1 amide bonds. The summed E-state index contributed by atoms with van der Waals surface area (Å²) in [4.78, 5) is 11.2. The van der Waals surface area contributed by atoms with E-state index in [4.69, 9.17) is 5.73 Å². The van der Waals surface area contributed by atoms with E-state index in [9.17, 15) is 14.3 Å². The lowest BCUT2D eigenvalue weighted by atomic mass is 9.75. The maximum atomic E-state index is 14.3. The molecule has 0 radical (unpaired) electrons. The molecule has 0 saturated carbocycles. The van der Waals surface area contributed by atoms with Crippen LogP contribution >= 0.6 is 0 Å². The number of aliphatic hydroxyl groups excluding tert-OH is 1. The molecule has 25 heavy (non-hydrogen) atoms. The molecular formula is C20H25FN2O2. The normalized spacial score (nSPS) is 12.8. The quantitative estimate of drug-likeness (QED) is 0.688. The Morgan fingerprint density at radius 1 is 1.20 bits per heavy atom. The second kappa shape index (κ2) is 8.23. The fraction of sp³-hybridized carbons (Fsp3) is 0.350. The van der Waals surface area contributed by atoms with Crippen LogP contribution in [-0.2, 0) is 11.8 Å². The minimum absolute atomic E-state index is 0.00443. The first-order valence-corrected chi connectivity index (χ1v) is 8.34. The standard InChI is InChI=1S/C20H25FN2O2/c1-20(2,16-5-3-4-6-17(16)21)18(23-11-12-24)13-14-7-9-15(10-8-14)19(22)25/h3-10,18,23-24H,11-13H2,1-2H3,(H2,22,25). The third-order valence-corrected chi connectivity index (χ3v) is 4.62. The van der Waals surface area contributed by atoms with E-state index in [0.717, 1.165) is 5.56 Å². The Bertz CT molecular complexity index is 714. The predicted octanol–water partition coefficient (Wildman–Crippen LogP) is 2.40. The van der Waals surface area contributed by atoms with Crippen LogP contribution in [0.4, 0.5) is 4.39 Å². The van der Waals surface area contributed by atoms with Gasteiger partial charge in [0, 0.05) is 23.6 Å². The van der Waals surface area contributed by atoms with Crippen LogP contribution in [0.15, 0.2) is 48.5 Å². The summed E-state index contributed by atoms with van der Waals surface area (Å²) in [6.45, 7) is 4.39. The molecule has 0 bridgehead atoms. The molecule has 134 valence electrons. The SMILES string of the molecule is CC(C)(c1ccccc1F)C(Cc1ccc(C(N)=O)cc1)NCCO. The summed E-state index contributed by atoms with van der Waals surface area (Å²) in [5.41, 5.74) is 6.86. The highest BCUT2D eigenvalue weighted by Crippen LogP contribution is 2.31. The van der Waals surface area contributed by atoms with Crippen molar-refractivity contribution in [3.63, 3.8) is 0 Å². The Labute approximate surface area is 147 Å². The number of halogens is 1. The van der Waals surface area contributed by atoms with Gasteiger partial charge in [0.05, 0.1) is 6.61 Å². The summed E-state index contributed by atoms with van der Waals surface area (Å²) in [6.07, 6.45) is 0.625. The van der Waals surface area contributed by atoms with Gasteiger partial charge in [-0.05, 0) is 35.7 Å². The fourth-order valence-corrected chi connectivity index (χ4v) is 3.03. The van der Waals surface area contributed by atoms with Gasteiger partial charge in [0.25, 0.3) is 0 Å². The fourth-order valence-electron chi connectivity index (χ4n) is 3.03. The Morgan fingerprint density at radius 3 is 2.40 bits per heavy atom. The summed E-state index contributed by atoms with van der Waals surface area (Å²) in [5, 5.41) is 12.5. The highest BCUT2D eigenvalue weighted by molar-refractivity contribution is 5.92. The number of benzene rings is 2. The molecule has 0 aliphatic rings. The molecule has 1 atom stereocenters. The zero-order valence-electron chi connectivity index (χ0n) is 14.6. The molecule has 4 nitrogen and oxygen atoms in total. The molecule has 0 saturated heterocycles. The number of nitrogens with two attached hydrogens (primary N) is 1. The van der Waals surface area contributed by atoms with Crippen LogP contribution < -0.4 is 11.1 Å². The van der Waals surface area contributed by atoms with Gasteiger partial charge in [0.1, 0.15) is 5.82 Å². The van der Waals surface area contributed by atoms with Gasteiger partial charge < -0.3 is 16.2 Å². The zero-order valence-corrected chi connectivity index (χ0v) is 14.6. The minimum Gasteiger partial charge on any atom is -0.395 e. The summed E-state index contributed by atoms with van der Waals surface area (Å²) < 4.78 is 14.3. The van der Waals surface area contributed by atoms with Crippen LogP contribution in [0.5, 0.6) is 0 Å². The van der Waals surface area contributed by atoms with Crippen LogP contribution in [0.3, 0.4) is 0 Å². The molecular weight excluding hydrogens is 319 g/mol. The molecule has 0 heterocycles. The lowest BCUT2D eigenvalue weighted by Gasteiger charge is -2.36. The van der Waals surface area contributed by atoms with Gasteiger partial charge >= 0.3 is 0 Å². The molecule has 0 aliphatic carbocycles. The van der Waals surface area contributed by atoms with Crippen molar-refractivity contribution in [2.24, 2.45) is 5.73 Å². The van der Waals surface area contributed by atoms with E-state index in [1.165, 1.54) is 6.07 Å². The van der Waals surface area contributed by atoms with Gasteiger partial charge in [-0.3, -0.25) is 4.79 Å². The monoisotopic (exact) mass is 344 g/mol. The average Bonchev–Trinajstić information content (AvgIpc) is 2.59. The van der Waals surface area contributed by atoms with Gasteiger partial charge in [-0.15, -0.1) is 0 Å². The predicted molar refractivity (Wildman–Crippen MR) is 97.0 cm³/mol. The number of hydrogen-bond donors (Lipinski definition) is 3. The van der Waals surface area contributed by atoms with Crippen LogP contribution in [0.25, 0.3) is 0 Å². The molecule has 0 aliphatic heterocycles. The summed E-state index contributed by atoms with van der Waals surface area (Å²) in [7, 11) is 0. The van der Waals surface area contributed by atoms with Crippen molar-refractivity contribution < 1.29 is 14.3 Å². The molecule has 0 fully saturated rings. The lowest BCUT2D eigenvalue weighted by Crippen LogP contribution is -2.47. The number of carbonyl (C=O) groups is 1. The van der Waals surface area contributed by atoms with Gasteiger partial charge in [-0.1, -0.05) is 44.2 Å². The summed E-state index contributed by atoms with van der Waals surface area (Å²) in [6, 6.07) is 13.7. The molecule has 5 heteroatoms. The van der Waals surface area contributed by atoms with Crippen molar-refractivity contribution in [2.75, 3.05) is 13.2 Å². The summed E-state index contributed by atoms with van der Waals surface area (Å²) in [5.74, 6) is -0.708. The lowest BCUT2D eigenvalue weighted by molar-refractivity contribution is 0.1000. The second-order valence-electron chi connectivity index (χ2n) is 6.70. The van der Waals surface area contributed by atoms with Crippen molar-refractivity contribution in [1.82, 2.24) is 5.32 Å². The van der Waals surface area contributed by atoms with E-state index in [1.807, 2.05) is 32.0 Å². The van der Waals surface area contributed by atoms with Gasteiger partial charge in [0.2, 0.25) is 5.91 Å². The minimum atomic E-state index is -0.497. The van der Waals surface area contributed by atoms with E-state index in [2.05, 4.69) is 5.32 Å². The maximum Gasteiger partial charge on any atom is 0.248 e. The number of hydrogen-bond acceptors (Lipinski definition) is 3. The van der Waals surface area contributed by atoms with Crippen LogP contribution in [0.2, 0.25) is 0 Å². The van der Waals surface area contributed by atoms with Crippen LogP contribution in [0.1, 0.15) is 35.3 Å². The molecule has 0 spiro atoms. The first-order valence-electron chi connectivity index (χ1n) is 8.34. The van der Waals surface area contributed by atoms with E-state index >= 15 is 0 Å². The molecule has 2 rings (SSSR count). The van der Waals surface area contributed by atoms with E-state index in [1.54, 1.807) is 24.3 Å². The van der Waals surface area contributed by atoms with Crippen molar-refractivity contribution in [3.8, 4) is 0 Å². The number of nitrogens with one attached hydrogen (secondary N) is 1.